The number of nitrogens with one attached hydrogen (secondary N) is 1. The number of sulfonamides is 1. The summed E-state index contributed by atoms with van der Waals surface area (Å²) in [6, 6.07) is 10.3. The van der Waals surface area contributed by atoms with Crippen molar-refractivity contribution in [3.63, 3.8) is 0 Å². The molecular formula is C20H26N2O5S. The number of carbonyl (C=O) groups excluding carboxylic acids is 1. The van der Waals surface area contributed by atoms with Crippen LogP contribution in [-0.2, 0) is 10.0 Å². The minimum atomic E-state index is -3.64. The maximum Gasteiger partial charge on any atom is 0.251 e. The lowest BCUT2D eigenvalue weighted by molar-refractivity contribution is 0.0946. The Bertz CT molecular complexity index is 955. The number of hydrogen-bond donors (Lipinski definition) is 1. The van der Waals surface area contributed by atoms with Gasteiger partial charge in [-0.25, -0.2) is 12.7 Å². The van der Waals surface area contributed by atoms with Gasteiger partial charge in [0.15, 0.2) is 0 Å². The molecule has 1 N–H and O–H groups in total. The second-order valence-corrected chi connectivity index (χ2v) is 8.61. The lowest BCUT2D eigenvalue weighted by atomic mass is 10.1. The van der Waals surface area contributed by atoms with E-state index in [0.717, 1.165) is 9.87 Å². The molecule has 8 heteroatoms. The van der Waals surface area contributed by atoms with E-state index < -0.39 is 10.0 Å². The van der Waals surface area contributed by atoms with Crippen LogP contribution in [0.1, 0.15) is 21.5 Å². The van der Waals surface area contributed by atoms with Gasteiger partial charge in [-0.05, 0) is 49.2 Å². The van der Waals surface area contributed by atoms with Gasteiger partial charge in [0, 0.05) is 25.7 Å². The van der Waals surface area contributed by atoms with Gasteiger partial charge in [0.25, 0.3) is 5.91 Å². The molecule has 1 amide bonds. The predicted molar refractivity (Wildman–Crippen MR) is 108 cm³/mol. The van der Waals surface area contributed by atoms with E-state index in [1.54, 1.807) is 39.2 Å². The van der Waals surface area contributed by atoms with Gasteiger partial charge in [0.1, 0.15) is 18.1 Å². The van der Waals surface area contributed by atoms with E-state index >= 15 is 0 Å². The van der Waals surface area contributed by atoms with Crippen LogP contribution in [0.15, 0.2) is 41.3 Å². The fourth-order valence-corrected chi connectivity index (χ4v) is 3.77. The number of rotatable bonds is 8. The molecule has 0 fully saturated rings. The summed E-state index contributed by atoms with van der Waals surface area (Å²) in [5, 5.41) is 2.75. The molecule has 0 bridgehead atoms. The number of methoxy groups -OCH3 is 1. The van der Waals surface area contributed by atoms with Gasteiger partial charge in [0.05, 0.1) is 18.6 Å². The number of benzene rings is 2. The molecule has 0 aromatic heterocycles. The molecule has 152 valence electrons. The minimum Gasteiger partial charge on any atom is -0.497 e. The molecule has 2 rings (SSSR count). The highest BCUT2D eigenvalue weighted by Crippen LogP contribution is 2.23. The van der Waals surface area contributed by atoms with Gasteiger partial charge in [-0.1, -0.05) is 6.07 Å². The molecule has 0 spiro atoms. The van der Waals surface area contributed by atoms with E-state index in [-0.39, 0.29) is 24.0 Å². The van der Waals surface area contributed by atoms with Crippen molar-refractivity contribution in [1.82, 2.24) is 9.62 Å². The summed E-state index contributed by atoms with van der Waals surface area (Å²) in [6.07, 6.45) is 0. The number of hydrogen-bond acceptors (Lipinski definition) is 5. The first-order valence-corrected chi connectivity index (χ1v) is 10.2. The summed E-state index contributed by atoms with van der Waals surface area (Å²) in [4.78, 5) is 12.6. The molecule has 2 aromatic carbocycles. The van der Waals surface area contributed by atoms with Crippen LogP contribution >= 0.6 is 0 Å². The highest BCUT2D eigenvalue weighted by atomic mass is 32.2. The van der Waals surface area contributed by atoms with Crippen molar-refractivity contribution in [2.45, 2.75) is 18.7 Å². The highest BCUT2D eigenvalue weighted by Gasteiger charge is 2.22. The first-order chi connectivity index (χ1) is 13.2. The van der Waals surface area contributed by atoms with Crippen LogP contribution in [0.3, 0.4) is 0 Å². The smallest absolute Gasteiger partial charge is 0.251 e. The van der Waals surface area contributed by atoms with Gasteiger partial charge in [0.2, 0.25) is 10.0 Å². The van der Waals surface area contributed by atoms with Crippen LogP contribution in [0.5, 0.6) is 11.5 Å². The third kappa shape index (κ3) is 5.02. The lowest BCUT2D eigenvalue weighted by Crippen LogP contribution is -2.29. The van der Waals surface area contributed by atoms with Crippen molar-refractivity contribution < 1.29 is 22.7 Å². The average molecular weight is 407 g/mol. The maximum absolute atomic E-state index is 12.5. The van der Waals surface area contributed by atoms with Crippen molar-refractivity contribution >= 4 is 15.9 Å². The minimum absolute atomic E-state index is 0.135. The largest absolute Gasteiger partial charge is 0.497 e. The van der Waals surface area contributed by atoms with E-state index in [2.05, 4.69) is 5.32 Å². The van der Waals surface area contributed by atoms with Crippen molar-refractivity contribution in [2.24, 2.45) is 0 Å². The molecule has 0 saturated carbocycles. The fourth-order valence-electron chi connectivity index (χ4n) is 2.55. The van der Waals surface area contributed by atoms with E-state index in [0.29, 0.717) is 22.6 Å². The molecular weight excluding hydrogens is 380 g/mol. The normalized spacial score (nSPS) is 11.4. The third-order valence-corrected chi connectivity index (χ3v) is 6.28. The Hall–Kier alpha value is -2.58. The molecule has 7 nitrogen and oxygen atoms in total. The third-order valence-electron chi connectivity index (χ3n) is 4.34. The Morgan fingerprint density at radius 2 is 1.79 bits per heavy atom. The number of carbonyl (C=O) groups is 1. The number of amides is 1. The zero-order valence-electron chi connectivity index (χ0n) is 16.8. The Kier molecular flexibility index (Phi) is 7.04. The number of aryl methyl sites for hydroxylation is 1. The lowest BCUT2D eigenvalue weighted by Gasteiger charge is -2.16. The van der Waals surface area contributed by atoms with Crippen molar-refractivity contribution in [2.75, 3.05) is 34.4 Å². The molecule has 0 aliphatic rings. The Morgan fingerprint density at radius 3 is 2.43 bits per heavy atom. The molecule has 28 heavy (non-hydrogen) atoms. The number of ether oxygens (including phenoxy) is 2. The van der Waals surface area contributed by atoms with E-state index in [1.807, 2.05) is 12.1 Å². The van der Waals surface area contributed by atoms with E-state index in [9.17, 15) is 13.2 Å². The van der Waals surface area contributed by atoms with Gasteiger partial charge in [-0.15, -0.1) is 0 Å². The van der Waals surface area contributed by atoms with Crippen LogP contribution in [-0.4, -0.2) is 53.0 Å². The predicted octanol–water partition coefficient (Wildman–Crippen LogP) is 2.37. The summed E-state index contributed by atoms with van der Waals surface area (Å²) in [5.74, 6) is 0.970. The average Bonchev–Trinajstić information content (AvgIpc) is 2.66. The summed E-state index contributed by atoms with van der Waals surface area (Å²) >= 11 is 0. The maximum atomic E-state index is 12.5. The summed E-state index contributed by atoms with van der Waals surface area (Å²) < 4.78 is 36.9. The topological polar surface area (TPSA) is 84.9 Å². The first kappa shape index (κ1) is 21.7. The molecule has 0 atom stereocenters. The van der Waals surface area contributed by atoms with Gasteiger partial charge in [-0.2, -0.15) is 0 Å². The first-order valence-electron chi connectivity index (χ1n) is 8.75. The summed E-state index contributed by atoms with van der Waals surface area (Å²) in [7, 11) is 0.870. The standard InChI is InChI=1S/C20H26N2O5S/c1-14-11-16(12-19(15(14)2)28(24,25)22(3)4)20(23)21-9-10-27-18-8-6-7-17(13-18)26-5/h6-8,11-13H,9-10H2,1-5H3,(H,21,23). The van der Waals surface area contributed by atoms with Gasteiger partial charge in [-0.3, -0.25) is 4.79 Å². The molecule has 0 aliphatic heterocycles. The van der Waals surface area contributed by atoms with Gasteiger partial charge < -0.3 is 14.8 Å². The van der Waals surface area contributed by atoms with E-state index in [1.165, 1.54) is 20.2 Å². The van der Waals surface area contributed by atoms with Crippen LogP contribution < -0.4 is 14.8 Å². The molecule has 0 radical (unpaired) electrons. The Labute approximate surface area is 166 Å². The van der Waals surface area contributed by atoms with E-state index in [4.69, 9.17) is 9.47 Å². The van der Waals surface area contributed by atoms with Gasteiger partial charge >= 0.3 is 0 Å². The second-order valence-electron chi connectivity index (χ2n) is 6.49. The summed E-state index contributed by atoms with van der Waals surface area (Å²) in [5.41, 5.74) is 1.66. The Balaban J connectivity index is 2.05. The Morgan fingerprint density at radius 1 is 1.11 bits per heavy atom. The second kappa shape index (κ2) is 9.07. The van der Waals surface area contributed by atoms with Crippen LogP contribution in [0.2, 0.25) is 0 Å². The molecule has 0 heterocycles. The molecule has 0 unspecified atom stereocenters. The quantitative estimate of drug-likeness (QED) is 0.681. The molecule has 0 saturated heterocycles. The van der Waals surface area contributed by atoms with Crippen LogP contribution in [0.25, 0.3) is 0 Å². The monoisotopic (exact) mass is 406 g/mol. The van der Waals surface area contributed by atoms with Crippen LogP contribution in [0.4, 0.5) is 0 Å². The zero-order chi connectivity index (χ0) is 20.9. The summed E-state index contributed by atoms with van der Waals surface area (Å²) in [6.45, 7) is 4.06. The molecule has 2 aromatic rings. The fraction of sp³-hybridized carbons (Fsp3) is 0.350. The van der Waals surface area contributed by atoms with Crippen molar-refractivity contribution in [1.29, 1.82) is 0 Å². The van der Waals surface area contributed by atoms with Crippen molar-refractivity contribution in [3.05, 3.63) is 53.1 Å². The van der Waals surface area contributed by atoms with Crippen molar-refractivity contribution in [3.8, 4) is 11.5 Å². The highest BCUT2D eigenvalue weighted by molar-refractivity contribution is 7.89. The molecule has 0 aliphatic carbocycles. The van der Waals surface area contributed by atoms with Crippen LogP contribution in [0, 0.1) is 13.8 Å². The zero-order valence-corrected chi connectivity index (χ0v) is 17.6. The number of nitrogens with zero attached hydrogens (tertiary/aromatic N) is 1. The SMILES string of the molecule is COc1cccc(OCCNC(=O)c2cc(C)c(C)c(S(=O)(=O)N(C)C)c2)c1.